The fraction of sp³-hybridized carbons (Fsp3) is 0.250. The summed E-state index contributed by atoms with van der Waals surface area (Å²) >= 11 is 7.30. The Morgan fingerprint density at radius 1 is 1.53 bits per heavy atom. The number of hydrogen-bond acceptors (Lipinski definition) is 3. The average Bonchev–Trinajstić information content (AvgIpc) is 2.72. The lowest BCUT2D eigenvalue weighted by atomic mass is 10.1. The maximum atomic E-state index is 13.5. The van der Waals surface area contributed by atoms with Crippen LogP contribution in [0.2, 0.25) is 5.02 Å². The number of halogens is 2. The lowest BCUT2D eigenvalue weighted by molar-refractivity contribution is 0.203. The van der Waals surface area contributed by atoms with Crippen LogP contribution in [0.3, 0.4) is 0 Å². The van der Waals surface area contributed by atoms with Crippen molar-refractivity contribution in [3.8, 4) is 0 Å². The van der Waals surface area contributed by atoms with Gasteiger partial charge in [0.15, 0.2) is 0 Å². The summed E-state index contributed by atoms with van der Waals surface area (Å²) in [5.41, 5.74) is 0.445. The van der Waals surface area contributed by atoms with Crippen LogP contribution in [0, 0.1) is 5.82 Å². The topological polar surface area (TPSA) is 33.1 Å². The van der Waals surface area contributed by atoms with Crippen LogP contribution in [-0.2, 0) is 6.42 Å². The first-order valence-corrected chi connectivity index (χ1v) is 6.33. The van der Waals surface area contributed by atoms with Crippen molar-refractivity contribution < 1.29 is 9.50 Å². The molecular weight excluding hydrogens is 261 g/mol. The molecule has 1 atom stereocenters. The quantitative estimate of drug-likeness (QED) is 0.926. The van der Waals surface area contributed by atoms with E-state index in [1.54, 1.807) is 25.3 Å². The predicted molar refractivity (Wildman–Crippen MR) is 67.0 cm³/mol. The summed E-state index contributed by atoms with van der Waals surface area (Å²) in [6.07, 6.45) is 1.42. The Balaban J connectivity index is 2.25. The third-order valence-electron chi connectivity index (χ3n) is 2.37. The van der Waals surface area contributed by atoms with Crippen molar-refractivity contribution in [2.24, 2.45) is 0 Å². The minimum Gasteiger partial charge on any atom is -0.388 e. The van der Waals surface area contributed by atoms with Gasteiger partial charge < -0.3 is 5.11 Å². The third-order valence-corrected chi connectivity index (χ3v) is 3.89. The molecule has 1 aromatic heterocycles. The standard InChI is InChI=1S/C12H11ClFNOS/c1-7(16)11-6-15-12(17-11)5-8-9(13)3-2-4-10(8)14/h2-4,6-7,16H,5H2,1H3. The minimum absolute atomic E-state index is 0.328. The van der Waals surface area contributed by atoms with Crippen LogP contribution in [0.25, 0.3) is 0 Å². The van der Waals surface area contributed by atoms with Gasteiger partial charge in [-0.05, 0) is 19.1 Å². The Labute approximate surface area is 108 Å². The largest absolute Gasteiger partial charge is 0.388 e. The van der Waals surface area contributed by atoms with E-state index in [1.165, 1.54) is 17.4 Å². The van der Waals surface area contributed by atoms with Gasteiger partial charge in [0.2, 0.25) is 0 Å². The molecule has 2 rings (SSSR count). The summed E-state index contributed by atoms with van der Waals surface area (Å²) in [5.74, 6) is -0.328. The summed E-state index contributed by atoms with van der Waals surface area (Å²) in [6, 6.07) is 4.61. The summed E-state index contributed by atoms with van der Waals surface area (Å²) in [6.45, 7) is 1.67. The molecule has 5 heteroatoms. The zero-order chi connectivity index (χ0) is 12.4. The number of thiazole rings is 1. The average molecular weight is 272 g/mol. The molecule has 0 fully saturated rings. The lowest BCUT2D eigenvalue weighted by Crippen LogP contribution is -1.92. The van der Waals surface area contributed by atoms with E-state index < -0.39 is 6.10 Å². The molecule has 0 spiro atoms. The van der Waals surface area contributed by atoms with Gasteiger partial charge in [0.25, 0.3) is 0 Å². The number of hydrogen-bond donors (Lipinski definition) is 1. The van der Waals surface area contributed by atoms with Crippen LogP contribution in [-0.4, -0.2) is 10.1 Å². The fourth-order valence-corrected chi connectivity index (χ4v) is 2.55. The second-order valence-electron chi connectivity index (χ2n) is 3.71. The van der Waals surface area contributed by atoms with E-state index >= 15 is 0 Å². The van der Waals surface area contributed by atoms with Gasteiger partial charge in [-0.1, -0.05) is 17.7 Å². The normalized spacial score (nSPS) is 12.7. The smallest absolute Gasteiger partial charge is 0.128 e. The van der Waals surface area contributed by atoms with Gasteiger partial charge in [0, 0.05) is 23.2 Å². The van der Waals surface area contributed by atoms with Gasteiger partial charge >= 0.3 is 0 Å². The van der Waals surface area contributed by atoms with E-state index in [9.17, 15) is 9.50 Å². The Kier molecular flexibility index (Phi) is 3.76. The van der Waals surface area contributed by atoms with Gasteiger partial charge in [-0.2, -0.15) is 0 Å². The van der Waals surface area contributed by atoms with Crippen molar-refractivity contribution in [3.05, 3.63) is 50.7 Å². The van der Waals surface area contributed by atoms with Crippen LogP contribution in [0.1, 0.15) is 28.5 Å². The SMILES string of the molecule is CC(O)c1cnc(Cc2c(F)cccc2Cl)s1. The summed E-state index contributed by atoms with van der Waals surface area (Å²) in [5, 5.41) is 10.5. The molecule has 17 heavy (non-hydrogen) atoms. The zero-order valence-corrected chi connectivity index (χ0v) is 10.7. The second-order valence-corrected chi connectivity index (χ2v) is 5.26. The molecule has 0 saturated carbocycles. The van der Waals surface area contributed by atoms with E-state index in [1.807, 2.05) is 0 Å². The summed E-state index contributed by atoms with van der Waals surface area (Å²) in [4.78, 5) is 4.92. The molecule has 0 bridgehead atoms. The number of aliphatic hydroxyl groups excluding tert-OH is 1. The Bertz CT molecular complexity index is 507. The van der Waals surface area contributed by atoms with Crippen molar-refractivity contribution >= 4 is 22.9 Å². The molecular formula is C12H11ClFNOS. The molecule has 0 saturated heterocycles. The third kappa shape index (κ3) is 2.83. The highest BCUT2D eigenvalue weighted by Crippen LogP contribution is 2.26. The van der Waals surface area contributed by atoms with Gasteiger partial charge in [-0.25, -0.2) is 9.37 Å². The molecule has 0 aliphatic rings. The van der Waals surface area contributed by atoms with Crippen LogP contribution in [0.5, 0.6) is 0 Å². The van der Waals surface area contributed by atoms with E-state index in [0.29, 0.717) is 17.0 Å². The Morgan fingerprint density at radius 2 is 2.29 bits per heavy atom. The highest BCUT2D eigenvalue weighted by atomic mass is 35.5. The van der Waals surface area contributed by atoms with Crippen molar-refractivity contribution in [1.82, 2.24) is 4.98 Å². The molecule has 0 aliphatic heterocycles. The first-order valence-electron chi connectivity index (χ1n) is 5.13. The fourth-order valence-electron chi connectivity index (χ4n) is 1.45. The maximum Gasteiger partial charge on any atom is 0.128 e. The van der Waals surface area contributed by atoms with Crippen molar-refractivity contribution in [1.29, 1.82) is 0 Å². The number of aromatic nitrogens is 1. The highest BCUT2D eigenvalue weighted by molar-refractivity contribution is 7.11. The van der Waals surface area contributed by atoms with Crippen LogP contribution in [0.4, 0.5) is 4.39 Å². The van der Waals surface area contributed by atoms with Crippen LogP contribution >= 0.6 is 22.9 Å². The highest BCUT2D eigenvalue weighted by Gasteiger charge is 2.12. The van der Waals surface area contributed by atoms with E-state index in [4.69, 9.17) is 11.6 Å². The maximum absolute atomic E-state index is 13.5. The molecule has 1 heterocycles. The molecule has 1 unspecified atom stereocenters. The number of benzene rings is 1. The van der Waals surface area contributed by atoms with Crippen LogP contribution < -0.4 is 0 Å². The Morgan fingerprint density at radius 3 is 2.88 bits per heavy atom. The van der Waals surface area contributed by atoms with Crippen LogP contribution in [0.15, 0.2) is 24.4 Å². The molecule has 0 aliphatic carbocycles. The second kappa shape index (κ2) is 5.12. The number of aliphatic hydroxyl groups is 1. The molecule has 2 aromatic rings. The van der Waals surface area contributed by atoms with Gasteiger partial charge in [-0.3, -0.25) is 0 Å². The molecule has 0 radical (unpaired) electrons. The minimum atomic E-state index is -0.544. The monoisotopic (exact) mass is 271 g/mol. The first kappa shape index (κ1) is 12.5. The molecule has 1 aromatic carbocycles. The lowest BCUT2D eigenvalue weighted by Gasteiger charge is -2.03. The van der Waals surface area contributed by atoms with Gasteiger partial charge in [0.1, 0.15) is 5.82 Å². The zero-order valence-electron chi connectivity index (χ0n) is 9.15. The van der Waals surface area contributed by atoms with E-state index in [-0.39, 0.29) is 5.82 Å². The first-order chi connectivity index (χ1) is 8.08. The summed E-state index contributed by atoms with van der Waals surface area (Å²) in [7, 11) is 0. The number of nitrogens with zero attached hydrogens (tertiary/aromatic N) is 1. The molecule has 1 N–H and O–H groups in total. The summed E-state index contributed by atoms with van der Waals surface area (Å²) < 4.78 is 13.5. The van der Waals surface area contributed by atoms with E-state index in [2.05, 4.69) is 4.98 Å². The molecule has 90 valence electrons. The molecule has 0 amide bonds. The van der Waals surface area contributed by atoms with Crippen molar-refractivity contribution in [2.75, 3.05) is 0 Å². The Hall–Kier alpha value is -0.970. The van der Waals surface area contributed by atoms with Gasteiger partial charge in [-0.15, -0.1) is 11.3 Å². The number of rotatable bonds is 3. The predicted octanol–water partition coefficient (Wildman–Crippen LogP) is 3.58. The van der Waals surface area contributed by atoms with Gasteiger partial charge in [0.05, 0.1) is 16.0 Å². The molecule has 2 nitrogen and oxygen atoms in total. The van der Waals surface area contributed by atoms with E-state index in [0.717, 1.165) is 9.88 Å². The van der Waals surface area contributed by atoms with Crippen molar-refractivity contribution in [2.45, 2.75) is 19.4 Å². The van der Waals surface area contributed by atoms with Crippen molar-refractivity contribution in [3.63, 3.8) is 0 Å².